The van der Waals surface area contributed by atoms with Gasteiger partial charge in [-0.05, 0) is 50.2 Å². The van der Waals surface area contributed by atoms with Gasteiger partial charge in [0.25, 0.3) is 0 Å². The molecule has 0 aliphatic rings. The van der Waals surface area contributed by atoms with Crippen LogP contribution in [0.1, 0.15) is 13.8 Å². The highest BCUT2D eigenvalue weighted by molar-refractivity contribution is 6.34. The average molecular weight is 361 g/mol. The summed E-state index contributed by atoms with van der Waals surface area (Å²) in [6.45, 7) is 5.38. The van der Waals surface area contributed by atoms with Crippen LogP contribution in [-0.2, 0) is 9.47 Å². The normalized spacial score (nSPS) is 11.4. The number of para-hydroxylation sites is 1. The molecule has 0 aliphatic heterocycles. The summed E-state index contributed by atoms with van der Waals surface area (Å²) >= 11 is 6.18. The summed E-state index contributed by atoms with van der Waals surface area (Å²) < 4.78 is 16.7. The van der Waals surface area contributed by atoms with Crippen LogP contribution in [0.5, 0.6) is 5.75 Å². The highest BCUT2D eigenvalue weighted by Crippen LogP contribution is 2.26. The molecule has 3 aromatic rings. The fourth-order valence-corrected chi connectivity index (χ4v) is 2.74. The summed E-state index contributed by atoms with van der Waals surface area (Å²) in [6, 6.07) is 13.4. The largest absolute Gasteiger partial charge is 0.488 e. The Hall–Kier alpha value is -2.08. The number of imidazole rings is 1. The Kier molecular flexibility index (Phi) is 5.91. The maximum atomic E-state index is 6.18. The molecule has 25 heavy (non-hydrogen) atoms. The van der Waals surface area contributed by atoms with Gasteiger partial charge < -0.3 is 19.2 Å². The van der Waals surface area contributed by atoms with Gasteiger partial charge in [0, 0.05) is 18.8 Å². The van der Waals surface area contributed by atoms with E-state index in [1.807, 2.05) is 56.3 Å². The molecule has 0 unspecified atom stereocenters. The van der Waals surface area contributed by atoms with Crippen molar-refractivity contribution in [3.63, 3.8) is 0 Å². The third-order valence-electron chi connectivity index (χ3n) is 3.68. The van der Waals surface area contributed by atoms with Crippen LogP contribution in [-0.4, -0.2) is 36.1 Å². The first-order chi connectivity index (χ1) is 12.2. The Labute approximate surface area is 151 Å². The molecule has 1 heterocycles. The molecule has 3 rings (SSSR count). The highest BCUT2D eigenvalue weighted by Gasteiger charge is 2.10. The SMILES string of the molecule is CCOC(COc1ccc(-c2nc3c(Cl)cccc3[nH]2)cc1)OCC. The number of fused-ring (bicyclic) bond motifs is 1. The second-order valence-electron chi connectivity index (χ2n) is 5.40. The zero-order chi connectivity index (χ0) is 17.6. The van der Waals surface area contributed by atoms with Crippen LogP contribution in [0.2, 0.25) is 5.02 Å². The summed E-state index contributed by atoms with van der Waals surface area (Å²) in [7, 11) is 0. The highest BCUT2D eigenvalue weighted by atomic mass is 35.5. The van der Waals surface area contributed by atoms with Gasteiger partial charge in [0.05, 0.1) is 10.5 Å². The lowest BCUT2D eigenvalue weighted by Gasteiger charge is -2.17. The molecule has 0 amide bonds. The Morgan fingerprint density at radius 2 is 1.76 bits per heavy atom. The molecule has 0 spiro atoms. The molecule has 1 aromatic heterocycles. The van der Waals surface area contributed by atoms with E-state index in [4.69, 9.17) is 25.8 Å². The Bertz CT molecular complexity index is 811. The topological polar surface area (TPSA) is 56.4 Å². The van der Waals surface area contributed by atoms with E-state index in [0.29, 0.717) is 24.8 Å². The minimum absolute atomic E-state index is 0.348. The minimum Gasteiger partial charge on any atom is -0.488 e. The van der Waals surface area contributed by atoms with Crippen molar-refractivity contribution in [3.8, 4) is 17.1 Å². The van der Waals surface area contributed by atoms with Gasteiger partial charge >= 0.3 is 0 Å². The lowest BCUT2D eigenvalue weighted by Crippen LogP contribution is -2.25. The third kappa shape index (κ3) is 4.31. The predicted octanol–water partition coefficient (Wildman–Crippen LogP) is 4.66. The number of nitrogens with zero attached hydrogens (tertiary/aromatic N) is 1. The van der Waals surface area contributed by atoms with Crippen LogP contribution in [0.3, 0.4) is 0 Å². The minimum atomic E-state index is -0.354. The van der Waals surface area contributed by atoms with Crippen LogP contribution in [0.15, 0.2) is 42.5 Å². The maximum absolute atomic E-state index is 6.18. The van der Waals surface area contributed by atoms with Crippen molar-refractivity contribution in [1.82, 2.24) is 9.97 Å². The third-order valence-corrected chi connectivity index (χ3v) is 3.99. The molecule has 0 saturated carbocycles. The molecule has 0 fully saturated rings. The lowest BCUT2D eigenvalue weighted by molar-refractivity contribution is -0.152. The summed E-state index contributed by atoms with van der Waals surface area (Å²) in [6.07, 6.45) is -0.354. The van der Waals surface area contributed by atoms with E-state index in [1.54, 1.807) is 0 Å². The fourth-order valence-electron chi connectivity index (χ4n) is 2.52. The molecule has 6 heteroatoms. The van der Waals surface area contributed by atoms with Gasteiger partial charge in [-0.3, -0.25) is 0 Å². The van der Waals surface area contributed by atoms with Crippen molar-refractivity contribution in [2.45, 2.75) is 20.1 Å². The molecule has 0 atom stereocenters. The number of H-pyrrole nitrogens is 1. The maximum Gasteiger partial charge on any atom is 0.191 e. The van der Waals surface area contributed by atoms with Crippen LogP contribution in [0, 0.1) is 0 Å². The molecule has 2 aromatic carbocycles. The summed E-state index contributed by atoms with van der Waals surface area (Å²) in [5, 5.41) is 0.637. The molecule has 0 aliphatic carbocycles. The van der Waals surface area contributed by atoms with Gasteiger partial charge in [-0.1, -0.05) is 17.7 Å². The van der Waals surface area contributed by atoms with E-state index in [0.717, 1.165) is 28.2 Å². The van der Waals surface area contributed by atoms with Crippen LogP contribution < -0.4 is 4.74 Å². The Morgan fingerprint density at radius 3 is 2.40 bits per heavy atom. The molecule has 0 radical (unpaired) electrons. The van der Waals surface area contributed by atoms with Crippen molar-refractivity contribution in [2.24, 2.45) is 0 Å². The number of hydrogen-bond acceptors (Lipinski definition) is 4. The van der Waals surface area contributed by atoms with Gasteiger partial charge in [0.2, 0.25) is 0 Å². The lowest BCUT2D eigenvalue weighted by atomic mass is 10.2. The molecule has 5 nitrogen and oxygen atoms in total. The first-order valence-corrected chi connectivity index (χ1v) is 8.69. The van der Waals surface area contributed by atoms with E-state index in [9.17, 15) is 0 Å². The number of nitrogens with one attached hydrogen (secondary N) is 1. The summed E-state index contributed by atoms with van der Waals surface area (Å²) in [5.74, 6) is 1.53. The summed E-state index contributed by atoms with van der Waals surface area (Å²) in [4.78, 5) is 7.85. The van der Waals surface area contributed by atoms with Gasteiger partial charge in [-0.15, -0.1) is 0 Å². The van der Waals surface area contributed by atoms with Crippen molar-refractivity contribution in [1.29, 1.82) is 0 Å². The predicted molar refractivity (Wildman–Crippen MR) is 99.1 cm³/mol. The molecule has 0 bridgehead atoms. The first-order valence-electron chi connectivity index (χ1n) is 8.32. The molecule has 0 saturated heterocycles. The first kappa shape index (κ1) is 17.7. The second kappa shape index (κ2) is 8.34. The van der Waals surface area contributed by atoms with Gasteiger partial charge in [-0.2, -0.15) is 0 Å². The number of ether oxygens (including phenoxy) is 3. The number of benzene rings is 2. The quantitative estimate of drug-likeness (QED) is 0.593. The Morgan fingerprint density at radius 1 is 1.04 bits per heavy atom. The number of halogens is 1. The van der Waals surface area contributed by atoms with E-state index in [2.05, 4.69) is 9.97 Å². The molecular weight excluding hydrogens is 340 g/mol. The van der Waals surface area contributed by atoms with Gasteiger partial charge in [0.15, 0.2) is 6.29 Å². The van der Waals surface area contributed by atoms with Crippen molar-refractivity contribution < 1.29 is 14.2 Å². The standard InChI is InChI=1S/C19H21ClN2O3/c1-3-23-17(24-4-2)12-25-14-10-8-13(9-11-14)19-21-16-7-5-6-15(20)18(16)22-19/h5-11,17H,3-4,12H2,1-2H3,(H,21,22). The van der Waals surface area contributed by atoms with Gasteiger partial charge in [-0.25, -0.2) is 4.98 Å². The average Bonchev–Trinajstić information content (AvgIpc) is 3.06. The number of rotatable bonds is 8. The fraction of sp³-hybridized carbons (Fsp3) is 0.316. The van der Waals surface area contributed by atoms with Crippen molar-refractivity contribution in [2.75, 3.05) is 19.8 Å². The van der Waals surface area contributed by atoms with Gasteiger partial charge in [0.1, 0.15) is 23.7 Å². The number of hydrogen-bond donors (Lipinski definition) is 1. The molecular formula is C19H21ClN2O3. The van der Waals surface area contributed by atoms with E-state index < -0.39 is 0 Å². The summed E-state index contributed by atoms with van der Waals surface area (Å²) in [5.41, 5.74) is 2.65. The number of aromatic nitrogens is 2. The monoisotopic (exact) mass is 360 g/mol. The van der Waals surface area contributed by atoms with Crippen molar-refractivity contribution >= 4 is 22.6 Å². The number of aromatic amines is 1. The van der Waals surface area contributed by atoms with E-state index >= 15 is 0 Å². The smallest absolute Gasteiger partial charge is 0.191 e. The van der Waals surface area contributed by atoms with E-state index in [1.165, 1.54) is 0 Å². The van der Waals surface area contributed by atoms with E-state index in [-0.39, 0.29) is 6.29 Å². The second-order valence-corrected chi connectivity index (χ2v) is 5.80. The molecule has 132 valence electrons. The zero-order valence-corrected chi connectivity index (χ0v) is 15.0. The zero-order valence-electron chi connectivity index (χ0n) is 14.3. The molecule has 1 N–H and O–H groups in total. The van der Waals surface area contributed by atoms with Crippen LogP contribution >= 0.6 is 11.6 Å². The van der Waals surface area contributed by atoms with Crippen LogP contribution in [0.25, 0.3) is 22.4 Å². The van der Waals surface area contributed by atoms with Crippen LogP contribution in [0.4, 0.5) is 0 Å². The van der Waals surface area contributed by atoms with Crippen molar-refractivity contribution in [3.05, 3.63) is 47.5 Å². The Balaban J connectivity index is 1.70.